The summed E-state index contributed by atoms with van der Waals surface area (Å²) in [5.41, 5.74) is 1.57. The zero-order valence-electron chi connectivity index (χ0n) is 13.9. The Kier molecular flexibility index (Phi) is 5.08. The van der Waals surface area contributed by atoms with Crippen LogP contribution in [0.15, 0.2) is 18.2 Å². The van der Waals surface area contributed by atoms with Gasteiger partial charge in [0.05, 0.1) is 31.8 Å². The topological polar surface area (TPSA) is 95.8 Å². The van der Waals surface area contributed by atoms with Crippen LogP contribution in [0, 0.1) is 11.3 Å². The number of nitrogens with one attached hydrogen (secondary N) is 2. The van der Waals surface area contributed by atoms with E-state index in [1.165, 1.54) is 0 Å². The van der Waals surface area contributed by atoms with Crippen LogP contribution in [0.25, 0.3) is 0 Å². The number of nitriles is 1. The summed E-state index contributed by atoms with van der Waals surface area (Å²) in [7, 11) is 1.57. The fraction of sp³-hybridized carbons (Fsp3) is 0.471. The number of aromatic nitrogens is 3. The monoisotopic (exact) mass is 327 g/mol. The number of hydrogen-bond donors (Lipinski definition) is 2. The van der Waals surface area contributed by atoms with Gasteiger partial charge in [-0.15, -0.1) is 0 Å². The lowest BCUT2D eigenvalue weighted by Gasteiger charge is -2.17. The molecule has 1 saturated heterocycles. The van der Waals surface area contributed by atoms with Crippen LogP contribution in [0.2, 0.25) is 0 Å². The van der Waals surface area contributed by atoms with Gasteiger partial charge in [0.15, 0.2) is 5.82 Å². The first-order chi connectivity index (χ1) is 11.7. The van der Waals surface area contributed by atoms with Gasteiger partial charge < -0.3 is 14.8 Å². The van der Waals surface area contributed by atoms with Gasteiger partial charge in [0.25, 0.3) is 0 Å². The first-order valence-corrected chi connectivity index (χ1v) is 8.04. The number of methoxy groups -OCH3 is 1. The molecule has 0 bridgehead atoms. The van der Waals surface area contributed by atoms with Crippen molar-refractivity contribution in [2.75, 3.05) is 20.3 Å². The van der Waals surface area contributed by atoms with Gasteiger partial charge in [0.1, 0.15) is 17.6 Å². The molecule has 1 aromatic heterocycles. The summed E-state index contributed by atoms with van der Waals surface area (Å²) in [6.45, 7) is 3.93. The molecule has 0 radical (unpaired) electrons. The van der Waals surface area contributed by atoms with Crippen LogP contribution >= 0.6 is 0 Å². The zero-order valence-corrected chi connectivity index (χ0v) is 13.9. The van der Waals surface area contributed by atoms with Crippen LogP contribution < -0.4 is 10.1 Å². The molecular formula is C17H21N5O2. The van der Waals surface area contributed by atoms with Crippen molar-refractivity contribution in [2.24, 2.45) is 0 Å². The maximum Gasteiger partial charge on any atom is 0.157 e. The molecule has 1 fully saturated rings. The van der Waals surface area contributed by atoms with E-state index < -0.39 is 0 Å². The lowest BCUT2D eigenvalue weighted by Crippen LogP contribution is -2.34. The molecule has 2 N–H and O–H groups in total. The summed E-state index contributed by atoms with van der Waals surface area (Å²) in [4.78, 5) is 4.52. The Morgan fingerprint density at radius 2 is 2.33 bits per heavy atom. The molecule has 7 nitrogen and oxygen atoms in total. The van der Waals surface area contributed by atoms with Gasteiger partial charge in [0, 0.05) is 19.0 Å². The lowest BCUT2D eigenvalue weighted by atomic mass is 10.0. The van der Waals surface area contributed by atoms with E-state index in [9.17, 15) is 5.26 Å². The fourth-order valence-electron chi connectivity index (χ4n) is 2.85. The van der Waals surface area contributed by atoms with Crippen LogP contribution in [0.5, 0.6) is 5.75 Å². The minimum atomic E-state index is 0.134. The highest BCUT2D eigenvalue weighted by Gasteiger charge is 2.32. The van der Waals surface area contributed by atoms with Crippen molar-refractivity contribution in [1.82, 2.24) is 20.5 Å². The van der Waals surface area contributed by atoms with Gasteiger partial charge in [0.2, 0.25) is 0 Å². The van der Waals surface area contributed by atoms with Crippen LogP contribution in [-0.2, 0) is 17.7 Å². The number of nitrogens with zero attached hydrogens (tertiary/aromatic N) is 3. The third kappa shape index (κ3) is 3.40. The van der Waals surface area contributed by atoms with E-state index >= 15 is 0 Å². The number of ether oxygens (including phenoxy) is 2. The van der Waals surface area contributed by atoms with Gasteiger partial charge in [-0.25, -0.2) is 4.98 Å². The van der Waals surface area contributed by atoms with Crippen molar-refractivity contribution in [3.05, 3.63) is 41.0 Å². The minimum Gasteiger partial charge on any atom is -0.495 e. The fourth-order valence-corrected chi connectivity index (χ4v) is 2.85. The molecule has 0 spiro atoms. The van der Waals surface area contributed by atoms with Gasteiger partial charge in [-0.2, -0.15) is 10.4 Å². The van der Waals surface area contributed by atoms with Crippen molar-refractivity contribution in [2.45, 2.75) is 31.8 Å². The number of benzene rings is 1. The van der Waals surface area contributed by atoms with E-state index in [4.69, 9.17) is 9.47 Å². The summed E-state index contributed by atoms with van der Waals surface area (Å²) < 4.78 is 10.8. The number of H-pyrrole nitrogens is 1. The maximum atomic E-state index is 9.18. The predicted molar refractivity (Wildman–Crippen MR) is 87.7 cm³/mol. The van der Waals surface area contributed by atoms with E-state index in [2.05, 4.69) is 26.6 Å². The van der Waals surface area contributed by atoms with Crippen molar-refractivity contribution < 1.29 is 9.47 Å². The molecule has 1 aliphatic heterocycles. The van der Waals surface area contributed by atoms with Crippen molar-refractivity contribution in [3.63, 3.8) is 0 Å². The quantitative estimate of drug-likeness (QED) is 0.835. The Labute approximate surface area is 141 Å². The molecule has 1 aliphatic rings. The largest absolute Gasteiger partial charge is 0.495 e. The molecular weight excluding hydrogens is 306 g/mol. The van der Waals surface area contributed by atoms with E-state index in [0.29, 0.717) is 31.1 Å². The Bertz CT molecular complexity index is 737. The minimum absolute atomic E-state index is 0.134. The normalized spacial score (nSPS) is 20.0. The zero-order chi connectivity index (χ0) is 16.9. The van der Waals surface area contributed by atoms with E-state index in [0.717, 1.165) is 23.6 Å². The molecule has 24 heavy (non-hydrogen) atoms. The molecule has 0 aliphatic carbocycles. The third-order valence-electron chi connectivity index (χ3n) is 4.25. The van der Waals surface area contributed by atoms with E-state index in [-0.39, 0.29) is 12.0 Å². The Morgan fingerprint density at radius 3 is 3.04 bits per heavy atom. The van der Waals surface area contributed by atoms with Crippen molar-refractivity contribution in [3.8, 4) is 11.8 Å². The molecule has 0 amide bonds. The van der Waals surface area contributed by atoms with Gasteiger partial charge >= 0.3 is 0 Å². The second-order valence-corrected chi connectivity index (χ2v) is 5.77. The number of hydrogen-bond acceptors (Lipinski definition) is 6. The van der Waals surface area contributed by atoms with E-state index in [1.807, 2.05) is 25.1 Å². The summed E-state index contributed by atoms with van der Waals surface area (Å²) in [5.74, 6) is 2.42. The molecule has 2 heterocycles. The smallest absolute Gasteiger partial charge is 0.157 e. The molecule has 2 aromatic rings. The SMILES string of the molecule is CCc1nc([C@@H]2COC[C@@H]2NCc2ccc(OC)c(C#N)c2)n[nH]1. The molecule has 0 unspecified atom stereocenters. The first kappa shape index (κ1) is 16.4. The summed E-state index contributed by atoms with van der Waals surface area (Å²) in [6.07, 6.45) is 0.835. The molecule has 3 rings (SSSR count). The van der Waals surface area contributed by atoms with Crippen LogP contribution in [0.3, 0.4) is 0 Å². The predicted octanol–water partition coefficient (Wildman–Crippen LogP) is 1.52. The standard InChI is InChI=1S/C17H21N5O2/c1-3-16-20-17(22-21-16)13-9-24-10-14(13)19-8-11-4-5-15(23-2)12(6-11)7-18/h4-6,13-14,19H,3,8-10H2,1-2H3,(H,20,21,22)/t13-,14+/m1/s1. The highest BCUT2D eigenvalue weighted by atomic mass is 16.5. The number of aromatic amines is 1. The second-order valence-electron chi connectivity index (χ2n) is 5.77. The van der Waals surface area contributed by atoms with E-state index in [1.54, 1.807) is 7.11 Å². The molecule has 126 valence electrons. The molecule has 7 heteroatoms. The highest BCUT2D eigenvalue weighted by molar-refractivity contribution is 5.45. The van der Waals surface area contributed by atoms with Crippen LogP contribution in [0.4, 0.5) is 0 Å². The molecule has 1 aromatic carbocycles. The van der Waals surface area contributed by atoms with Crippen LogP contribution in [0.1, 0.15) is 35.6 Å². The Hall–Kier alpha value is -2.43. The van der Waals surface area contributed by atoms with Gasteiger partial charge in [-0.1, -0.05) is 13.0 Å². The summed E-state index contributed by atoms with van der Waals surface area (Å²) in [5, 5.41) is 19.9. The molecule has 2 atom stereocenters. The summed E-state index contributed by atoms with van der Waals surface area (Å²) in [6, 6.07) is 7.93. The van der Waals surface area contributed by atoms with Crippen LogP contribution in [-0.4, -0.2) is 41.5 Å². The first-order valence-electron chi connectivity index (χ1n) is 8.04. The molecule has 0 saturated carbocycles. The Balaban J connectivity index is 1.66. The average molecular weight is 327 g/mol. The van der Waals surface area contributed by atoms with Crippen molar-refractivity contribution >= 4 is 0 Å². The second kappa shape index (κ2) is 7.43. The third-order valence-corrected chi connectivity index (χ3v) is 4.25. The lowest BCUT2D eigenvalue weighted by molar-refractivity contribution is 0.187. The van der Waals surface area contributed by atoms with Gasteiger partial charge in [-0.3, -0.25) is 5.10 Å². The van der Waals surface area contributed by atoms with Gasteiger partial charge in [-0.05, 0) is 17.7 Å². The highest BCUT2D eigenvalue weighted by Crippen LogP contribution is 2.24. The number of rotatable bonds is 6. The average Bonchev–Trinajstić information content (AvgIpc) is 3.28. The maximum absolute atomic E-state index is 9.18. The summed E-state index contributed by atoms with van der Waals surface area (Å²) >= 11 is 0. The Morgan fingerprint density at radius 1 is 1.46 bits per heavy atom. The van der Waals surface area contributed by atoms with Crippen molar-refractivity contribution in [1.29, 1.82) is 5.26 Å². The number of aryl methyl sites for hydroxylation is 1.